The van der Waals surface area contributed by atoms with E-state index in [0.29, 0.717) is 5.82 Å². The van der Waals surface area contributed by atoms with E-state index in [2.05, 4.69) is 21.0 Å². The molecule has 0 bridgehead atoms. The molecule has 1 aromatic carbocycles. The number of nitrogen functional groups attached to an aromatic ring is 1. The van der Waals surface area contributed by atoms with E-state index in [1.807, 2.05) is 19.9 Å². The van der Waals surface area contributed by atoms with Crippen molar-refractivity contribution in [2.45, 2.75) is 26.3 Å². The number of nitrogens with two attached hydrogens (primary N) is 1. The normalized spacial score (nSPS) is 12.7. The summed E-state index contributed by atoms with van der Waals surface area (Å²) >= 11 is 3.40. The molecule has 0 saturated heterocycles. The molecule has 0 aliphatic heterocycles. The Hall–Kier alpha value is -1.36. The fraction of sp³-hybridized carbons (Fsp3) is 0.308. The van der Waals surface area contributed by atoms with Crippen LogP contribution in [0.3, 0.4) is 0 Å². The maximum atomic E-state index is 13.3. The third kappa shape index (κ3) is 2.27. The minimum Gasteiger partial charge on any atom is -0.383 e. The van der Waals surface area contributed by atoms with E-state index < -0.39 is 0 Å². The Morgan fingerprint density at radius 1 is 1.50 bits per heavy atom. The second-order valence-corrected chi connectivity index (χ2v) is 5.00. The molecule has 0 aliphatic carbocycles. The average molecular weight is 312 g/mol. The molecular weight excluding hydrogens is 297 g/mol. The Bertz CT molecular complexity index is 565. The van der Waals surface area contributed by atoms with Crippen LogP contribution in [0.2, 0.25) is 0 Å². The summed E-state index contributed by atoms with van der Waals surface area (Å²) in [6.45, 7) is 3.91. The molecule has 3 nitrogen and oxygen atoms in total. The fourth-order valence-corrected chi connectivity index (χ4v) is 2.31. The molecule has 1 unspecified atom stereocenters. The molecule has 1 aromatic heterocycles. The van der Waals surface area contributed by atoms with Gasteiger partial charge in [0.05, 0.1) is 16.2 Å². The van der Waals surface area contributed by atoms with Crippen molar-refractivity contribution in [3.63, 3.8) is 0 Å². The third-order valence-corrected chi connectivity index (χ3v) is 3.94. The van der Waals surface area contributed by atoms with E-state index in [1.54, 1.807) is 10.7 Å². The Morgan fingerprint density at radius 3 is 2.72 bits per heavy atom. The molecule has 1 heterocycles. The number of nitrogens with zero attached hydrogens (tertiary/aromatic N) is 2. The van der Waals surface area contributed by atoms with Crippen molar-refractivity contribution in [3.05, 3.63) is 45.8 Å². The molecule has 2 aromatic rings. The largest absolute Gasteiger partial charge is 0.383 e. The number of rotatable bonds is 3. The summed E-state index contributed by atoms with van der Waals surface area (Å²) in [5, 5.41) is 4.41. The molecule has 18 heavy (non-hydrogen) atoms. The SMILES string of the molecule is CCC(c1cccc(F)c1)n1nc(C)c(Br)c1N. The second-order valence-electron chi connectivity index (χ2n) is 4.21. The van der Waals surface area contributed by atoms with Crippen LogP contribution in [-0.4, -0.2) is 9.78 Å². The predicted octanol–water partition coefficient (Wildman–Crippen LogP) is 3.67. The van der Waals surface area contributed by atoms with Crippen molar-refractivity contribution in [1.82, 2.24) is 9.78 Å². The fourth-order valence-electron chi connectivity index (χ4n) is 2.05. The smallest absolute Gasteiger partial charge is 0.137 e. The highest BCUT2D eigenvalue weighted by Crippen LogP contribution is 2.30. The summed E-state index contributed by atoms with van der Waals surface area (Å²) in [4.78, 5) is 0. The number of anilines is 1. The summed E-state index contributed by atoms with van der Waals surface area (Å²) in [5.41, 5.74) is 7.72. The van der Waals surface area contributed by atoms with Gasteiger partial charge in [0.25, 0.3) is 0 Å². The van der Waals surface area contributed by atoms with E-state index >= 15 is 0 Å². The van der Waals surface area contributed by atoms with E-state index in [0.717, 1.165) is 22.2 Å². The lowest BCUT2D eigenvalue weighted by molar-refractivity contribution is 0.509. The van der Waals surface area contributed by atoms with Crippen LogP contribution in [0.1, 0.15) is 30.6 Å². The molecule has 0 fully saturated rings. The number of aryl methyl sites for hydroxylation is 1. The van der Waals surface area contributed by atoms with E-state index in [1.165, 1.54) is 12.1 Å². The first-order valence-electron chi connectivity index (χ1n) is 5.80. The Kier molecular flexibility index (Phi) is 3.71. The molecule has 5 heteroatoms. The topological polar surface area (TPSA) is 43.8 Å². The zero-order valence-corrected chi connectivity index (χ0v) is 11.9. The van der Waals surface area contributed by atoms with Gasteiger partial charge in [-0.25, -0.2) is 9.07 Å². The lowest BCUT2D eigenvalue weighted by atomic mass is 10.0. The molecule has 2 rings (SSSR count). The van der Waals surface area contributed by atoms with Gasteiger partial charge < -0.3 is 5.73 Å². The summed E-state index contributed by atoms with van der Waals surface area (Å²) in [6.07, 6.45) is 0.793. The Labute approximate surface area is 114 Å². The van der Waals surface area contributed by atoms with Crippen LogP contribution in [-0.2, 0) is 0 Å². The van der Waals surface area contributed by atoms with Gasteiger partial charge in [0.15, 0.2) is 0 Å². The first kappa shape index (κ1) is 13.1. The van der Waals surface area contributed by atoms with Gasteiger partial charge in [-0.05, 0) is 47.0 Å². The minimum absolute atomic E-state index is 0.0503. The summed E-state index contributed by atoms with van der Waals surface area (Å²) in [7, 11) is 0. The van der Waals surface area contributed by atoms with Gasteiger partial charge in [0.2, 0.25) is 0 Å². The van der Waals surface area contributed by atoms with Crippen molar-refractivity contribution in [1.29, 1.82) is 0 Å². The van der Waals surface area contributed by atoms with Gasteiger partial charge in [0.1, 0.15) is 11.6 Å². The van der Waals surface area contributed by atoms with Crippen LogP contribution in [0.4, 0.5) is 10.2 Å². The zero-order chi connectivity index (χ0) is 13.3. The molecule has 0 amide bonds. The maximum absolute atomic E-state index is 13.3. The van der Waals surface area contributed by atoms with Crippen LogP contribution in [0.15, 0.2) is 28.7 Å². The van der Waals surface area contributed by atoms with Crippen molar-refractivity contribution >= 4 is 21.7 Å². The monoisotopic (exact) mass is 311 g/mol. The first-order valence-corrected chi connectivity index (χ1v) is 6.59. The molecule has 0 saturated carbocycles. The molecule has 2 N–H and O–H groups in total. The standard InChI is InChI=1S/C13H15BrFN3/c1-3-11(9-5-4-6-10(15)7-9)18-13(16)12(14)8(2)17-18/h4-7,11H,3,16H2,1-2H3. The highest BCUT2D eigenvalue weighted by atomic mass is 79.9. The second kappa shape index (κ2) is 5.10. The van der Waals surface area contributed by atoms with Crippen LogP contribution in [0.5, 0.6) is 0 Å². The summed E-state index contributed by atoms with van der Waals surface area (Å²) in [5.74, 6) is 0.330. The van der Waals surface area contributed by atoms with Gasteiger partial charge in [0, 0.05) is 0 Å². The predicted molar refractivity (Wildman–Crippen MR) is 73.9 cm³/mol. The highest BCUT2D eigenvalue weighted by Gasteiger charge is 2.19. The van der Waals surface area contributed by atoms with E-state index in [-0.39, 0.29) is 11.9 Å². The molecule has 0 aliphatic rings. The van der Waals surface area contributed by atoms with Crippen LogP contribution >= 0.6 is 15.9 Å². The molecule has 1 atom stereocenters. The molecule has 96 valence electrons. The number of halogens is 2. The van der Waals surface area contributed by atoms with Gasteiger partial charge in [-0.2, -0.15) is 5.10 Å². The van der Waals surface area contributed by atoms with Crippen LogP contribution in [0, 0.1) is 12.7 Å². The Morgan fingerprint density at radius 2 is 2.22 bits per heavy atom. The van der Waals surface area contributed by atoms with Gasteiger partial charge in [-0.3, -0.25) is 0 Å². The van der Waals surface area contributed by atoms with Gasteiger partial charge in [-0.15, -0.1) is 0 Å². The van der Waals surface area contributed by atoms with Gasteiger partial charge >= 0.3 is 0 Å². The van der Waals surface area contributed by atoms with E-state index in [9.17, 15) is 4.39 Å². The number of benzene rings is 1. The molecule has 0 spiro atoms. The van der Waals surface area contributed by atoms with Crippen molar-refractivity contribution in [3.8, 4) is 0 Å². The number of hydrogen-bond donors (Lipinski definition) is 1. The zero-order valence-electron chi connectivity index (χ0n) is 10.3. The van der Waals surface area contributed by atoms with Crippen LogP contribution < -0.4 is 5.73 Å². The Balaban J connectivity index is 2.48. The number of aromatic nitrogens is 2. The van der Waals surface area contributed by atoms with Gasteiger partial charge in [-0.1, -0.05) is 19.1 Å². The number of hydrogen-bond acceptors (Lipinski definition) is 2. The third-order valence-electron chi connectivity index (χ3n) is 2.96. The lowest BCUT2D eigenvalue weighted by Gasteiger charge is -2.17. The molecular formula is C13H15BrFN3. The lowest BCUT2D eigenvalue weighted by Crippen LogP contribution is -2.14. The summed E-state index contributed by atoms with van der Waals surface area (Å²) < 4.78 is 15.8. The van der Waals surface area contributed by atoms with Crippen molar-refractivity contribution in [2.75, 3.05) is 5.73 Å². The minimum atomic E-state index is -0.243. The van der Waals surface area contributed by atoms with E-state index in [4.69, 9.17) is 5.73 Å². The summed E-state index contributed by atoms with van der Waals surface area (Å²) in [6, 6.07) is 6.50. The average Bonchev–Trinajstić information content (AvgIpc) is 2.59. The van der Waals surface area contributed by atoms with Crippen molar-refractivity contribution in [2.24, 2.45) is 0 Å². The molecule has 0 radical (unpaired) electrons. The van der Waals surface area contributed by atoms with Crippen LogP contribution in [0.25, 0.3) is 0 Å². The quantitative estimate of drug-likeness (QED) is 0.939. The maximum Gasteiger partial charge on any atom is 0.137 e. The highest BCUT2D eigenvalue weighted by molar-refractivity contribution is 9.10. The van der Waals surface area contributed by atoms with Crippen molar-refractivity contribution < 1.29 is 4.39 Å². The first-order chi connectivity index (χ1) is 8.54.